The first kappa shape index (κ1) is 19.2. The van der Waals surface area contributed by atoms with Crippen LogP contribution in [0.1, 0.15) is 27.8 Å². The maximum atomic E-state index is 10.4. The lowest BCUT2D eigenvalue weighted by Crippen LogP contribution is -1.99. The van der Waals surface area contributed by atoms with Gasteiger partial charge in [-0.1, -0.05) is 54.6 Å². The molecule has 0 radical (unpaired) electrons. The van der Waals surface area contributed by atoms with Gasteiger partial charge in [-0.25, -0.2) is 0 Å². The van der Waals surface area contributed by atoms with Gasteiger partial charge in [0.05, 0.1) is 19.8 Å². The standard InChI is InChI=1S/C24H26O3/c1-17-14-23(26)24(18(2)22(17)15-25)21-10-8-19(9-11-21)12-13-27-16-20-6-4-3-5-7-20/h3-11,14,25-26H,12-13,15-16H2,1-2H3. The minimum Gasteiger partial charge on any atom is -0.507 e. The van der Waals surface area contributed by atoms with Crippen molar-refractivity contribution in [1.29, 1.82) is 0 Å². The van der Waals surface area contributed by atoms with E-state index in [0.717, 1.165) is 34.2 Å². The van der Waals surface area contributed by atoms with Gasteiger partial charge in [0.15, 0.2) is 0 Å². The zero-order valence-electron chi connectivity index (χ0n) is 15.9. The monoisotopic (exact) mass is 362 g/mol. The van der Waals surface area contributed by atoms with Crippen molar-refractivity contribution in [2.24, 2.45) is 0 Å². The van der Waals surface area contributed by atoms with Crippen LogP contribution in [0.25, 0.3) is 11.1 Å². The second-order valence-electron chi connectivity index (χ2n) is 6.83. The molecule has 0 amide bonds. The number of benzene rings is 3. The van der Waals surface area contributed by atoms with Crippen LogP contribution in [0.15, 0.2) is 60.7 Å². The number of aliphatic hydroxyl groups is 1. The van der Waals surface area contributed by atoms with E-state index in [1.54, 1.807) is 6.07 Å². The molecule has 0 saturated carbocycles. The molecule has 3 heteroatoms. The summed E-state index contributed by atoms with van der Waals surface area (Å²) in [6, 6.07) is 20.1. The number of ether oxygens (including phenoxy) is 1. The van der Waals surface area contributed by atoms with Crippen LogP contribution in [0.2, 0.25) is 0 Å². The summed E-state index contributed by atoms with van der Waals surface area (Å²) in [5.41, 5.74) is 6.82. The Morgan fingerprint density at radius 3 is 2.26 bits per heavy atom. The highest BCUT2D eigenvalue weighted by Crippen LogP contribution is 2.36. The van der Waals surface area contributed by atoms with Crippen LogP contribution in [0, 0.1) is 13.8 Å². The Morgan fingerprint density at radius 1 is 0.889 bits per heavy atom. The Labute approximate surface area is 160 Å². The van der Waals surface area contributed by atoms with Crippen molar-refractivity contribution in [3.05, 3.63) is 88.5 Å². The van der Waals surface area contributed by atoms with E-state index in [0.29, 0.717) is 13.2 Å². The van der Waals surface area contributed by atoms with E-state index in [1.165, 1.54) is 11.1 Å². The number of aliphatic hydroxyl groups excluding tert-OH is 1. The molecule has 3 nitrogen and oxygen atoms in total. The van der Waals surface area contributed by atoms with Gasteiger partial charge in [0.2, 0.25) is 0 Å². The molecule has 0 atom stereocenters. The lowest BCUT2D eigenvalue weighted by Gasteiger charge is -2.15. The summed E-state index contributed by atoms with van der Waals surface area (Å²) in [6.45, 7) is 5.11. The number of hydrogen-bond acceptors (Lipinski definition) is 3. The topological polar surface area (TPSA) is 49.7 Å². The summed E-state index contributed by atoms with van der Waals surface area (Å²) < 4.78 is 5.75. The first-order valence-corrected chi connectivity index (χ1v) is 9.24. The van der Waals surface area contributed by atoms with Crippen LogP contribution >= 0.6 is 0 Å². The number of aromatic hydroxyl groups is 1. The minimum atomic E-state index is -0.0260. The summed E-state index contributed by atoms with van der Waals surface area (Å²) in [5.74, 6) is 0.251. The molecule has 0 unspecified atom stereocenters. The Balaban J connectivity index is 1.65. The van der Waals surface area contributed by atoms with Crippen molar-refractivity contribution in [1.82, 2.24) is 0 Å². The molecule has 0 saturated heterocycles. The van der Waals surface area contributed by atoms with Crippen molar-refractivity contribution in [3.63, 3.8) is 0 Å². The Kier molecular flexibility index (Phi) is 6.28. The van der Waals surface area contributed by atoms with Gasteiger partial charge in [0.1, 0.15) is 5.75 Å². The smallest absolute Gasteiger partial charge is 0.123 e. The molecule has 3 aromatic carbocycles. The zero-order chi connectivity index (χ0) is 19.2. The fraction of sp³-hybridized carbons (Fsp3) is 0.250. The average molecular weight is 362 g/mol. The molecule has 0 fully saturated rings. The van der Waals surface area contributed by atoms with E-state index >= 15 is 0 Å². The second-order valence-corrected chi connectivity index (χ2v) is 6.83. The summed E-state index contributed by atoms with van der Waals surface area (Å²) in [7, 11) is 0. The Morgan fingerprint density at radius 2 is 1.59 bits per heavy atom. The third kappa shape index (κ3) is 4.57. The van der Waals surface area contributed by atoms with E-state index in [2.05, 4.69) is 24.3 Å². The van der Waals surface area contributed by atoms with Crippen LogP contribution < -0.4 is 0 Å². The van der Waals surface area contributed by atoms with Crippen molar-refractivity contribution >= 4 is 0 Å². The highest BCUT2D eigenvalue weighted by atomic mass is 16.5. The highest BCUT2D eigenvalue weighted by molar-refractivity contribution is 5.75. The fourth-order valence-corrected chi connectivity index (χ4v) is 3.40. The van der Waals surface area contributed by atoms with Crippen LogP contribution in [-0.2, 0) is 24.4 Å². The van der Waals surface area contributed by atoms with Crippen molar-refractivity contribution in [3.8, 4) is 16.9 Å². The summed E-state index contributed by atoms with van der Waals surface area (Å²) in [5, 5.41) is 20.0. The number of phenols is 1. The van der Waals surface area contributed by atoms with Gasteiger partial charge in [-0.2, -0.15) is 0 Å². The minimum absolute atomic E-state index is 0.0260. The molecule has 0 aliphatic carbocycles. The van der Waals surface area contributed by atoms with Crippen LogP contribution in [-0.4, -0.2) is 16.8 Å². The molecule has 3 rings (SSSR count). The van der Waals surface area contributed by atoms with Gasteiger partial charge in [-0.05, 0) is 59.7 Å². The SMILES string of the molecule is Cc1cc(O)c(-c2ccc(CCOCc3ccccc3)cc2)c(C)c1CO. The second kappa shape index (κ2) is 8.85. The van der Waals surface area contributed by atoms with Crippen molar-refractivity contribution in [2.75, 3.05) is 6.61 Å². The van der Waals surface area contributed by atoms with Gasteiger partial charge in [-0.15, -0.1) is 0 Å². The lowest BCUT2D eigenvalue weighted by atomic mass is 9.92. The lowest BCUT2D eigenvalue weighted by molar-refractivity contribution is 0.124. The quantitative estimate of drug-likeness (QED) is 0.586. The number of phenolic OH excluding ortho intramolecular Hbond substituents is 1. The van der Waals surface area contributed by atoms with E-state index in [-0.39, 0.29) is 12.4 Å². The third-order valence-electron chi connectivity index (χ3n) is 4.96. The third-order valence-corrected chi connectivity index (χ3v) is 4.96. The number of hydrogen-bond donors (Lipinski definition) is 2. The van der Waals surface area contributed by atoms with Gasteiger partial charge in [0.25, 0.3) is 0 Å². The van der Waals surface area contributed by atoms with E-state index in [9.17, 15) is 10.2 Å². The molecule has 0 spiro atoms. The van der Waals surface area contributed by atoms with Gasteiger partial charge >= 0.3 is 0 Å². The molecular formula is C24H26O3. The van der Waals surface area contributed by atoms with E-state index < -0.39 is 0 Å². The van der Waals surface area contributed by atoms with Gasteiger partial charge < -0.3 is 14.9 Å². The maximum absolute atomic E-state index is 10.4. The molecule has 0 aliphatic rings. The highest BCUT2D eigenvalue weighted by Gasteiger charge is 2.14. The summed E-state index contributed by atoms with van der Waals surface area (Å²) in [6.07, 6.45) is 0.841. The first-order chi connectivity index (χ1) is 13.1. The molecule has 0 aliphatic heterocycles. The van der Waals surface area contributed by atoms with Gasteiger partial charge in [0, 0.05) is 5.56 Å². The molecule has 0 heterocycles. The average Bonchev–Trinajstić information content (AvgIpc) is 2.67. The molecule has 3 aromatic rings. The molecule has 140 valence electrons. The molecule has 2 N–H and O–H groups in total. The first-order valence-electron chi connectivity index (χ1n) is 9.24. The van der Waals surface area contributed by atoms with Crippen molar-refractivity contribution in [2.45, 2.75) is 33.5 Å². The predicted molar refractivity (Wildman–Crippen MR) is 109 cm³/mol. The number of aryl methyl sites for hydroxylation is 1. The van der Waals surface area contributed by atoms with Crippen molar-refractivity contribution < 1.29 is 14.9 Å². The molecule has 0 bridgehead atoms. The van der Waals surface area contributed by atoms with Crippen LogP contribution in [0.5, 0.6) is 5.75 Å². The fourth-order valence-electron chi connectivity index (χ4n) is 3.40. The van der Waals surface area contributed by atoms with Crippen LogP contribution in [0.4, 0.5) is 0 Å². The maximum Gasteiger partial charge on any atom is 0.123 e. The Bertz CT molecular complexity index is 884. The van der Waals surface area contributed by atoms with Crippen LogP contribution in [0.3, 0.4) is 0 Å². The largest absolute Gasteiger partial charge is 0.507 e. The molecular weight excluding hydrogens is 336 g/mol. The van der Waals surface area contributed by atoms with E-state index in [1.807, 2.05) is 44.2 Å². The summed E-state index contributed by atoms with van der Waals surface area (Å²) >= 11 is 0. The predicted octanol–water partition coefficient (Wildman–Crippen LogP) is 4.93. The zero-order valence-corrected chi connectivity index (χ0v) is 15.9. The molecule has 0 aromatic heterocycles. The number of rotatable bonds is 7. The summed E-state index contributed by atoms with van der Waals surface area (Å²) in [4.78, 5) is 0. The van der Waals surface area contributed by atoms with E-state index in [4.69, 9.17) is 4.74 Å². The normalized spacial score (nSPS) is 10.9. The molecule has 27 heavy (non-hydrogen) atoms. The van der Waals surface area contributed by atoms with Gasteiger partial charge in [-0.3, -0.25) is 0 Å². The Hall–Kier alpha value is -2.62.